The number of hydrogen-bond acceptors (Lipinski definition) is 4. The Bertz CT molecular complexity index is 659. The van der Waals surface area contributed by atoms with Gasteiger partial charge in [-0.2, -0.15) is 0 Å². The molecule has 0 atom stereocenters. The van der Waals surface area contributed by atoms with E-state index in [1.165, 1.54) is 6.07 Å². The maximum Gasteiger partial charge on any atom is 0.337 e. The summed E-state index contributed by atoms with van der Waals surface area (Å²) in [6.07, 6.45) is 0. The highest BCUT2D eigenvalue weighted by Gasteiger charge is 2.12. The first-order valence-electron chi connectivity index (χ1n) is 5.74. The van der Waals surface area contributed by atoms with E-state index in [9.17, 15) is 9.90 Å². The summed E-state index contributed by atoms with van der Waals surface area (Å²) < 4.78 is 6.09. The number of carboxylic acids is 1. The van der Waals surface area contributed by atoms with Crippen LogP contribution in [0.25, 0.3) is 0 Å². The number of nitrogens with one attached hydrogen (secondary N) is 1. The van der Waals surface area contributed by atoms with Crippen LogP contribution in [0.3, 0.4) is 0 Å². The van der Waals surface area contributed by atoms with Crippen LogP contribution in [0, 0.1) is 0 Å². The van der Waals surface area contributed by atoms with Crippen LogP contribution in [0.4, 0.5) is 17.1 Å². The standard InChI is InChI=1S/C14H13BrN2O3/c1-20-13-5-2-8(15)6-12(13)17-11-7-9(16)3-4-10(11)14(18)19/h2-7,17H,16H2,1H3,(H,18,19). The smallest absolute Gasteiger partial charge is 0.337 e. The van der Waals surface area contributed by atoms with E-state index >= 15 is 0 Å². The van der Waals surface area contributed by atoms with Crippen LogP contribution < -0.4 is 15.8 Å². The van der Waals surface area contributed by atoms with Gasteiger partial charge in [-0.3, -0.25) is 0 Å². The van der Waals surface area contributed by atoms with E-state index in [1.54, 1.807) is 31.4 Å². The lowest BCUT2D eigenvalue weighted by Gasteiger charge is -2.14. The molecule has 0 aromatic heterocycles. The molecular weight excluding hydrogens is 324 g/mol. The Balaban J connectivity index is 2.46. The fourth-order valence-corrected chi connectivity index (χ4v) is 2.14. The molecule has 0 fully saturated rings. The Labute approximate surface area is 124 Å². The number of anilines is 3. The third kappa shape index (κ3) is 3.03. The first kappa shape index (κ1) is 14.2. The second kappa shape index (κ2) is 5.83. The summed E-state index contributed by atoms with van der Waals surface area (Å²) in [5, 5.41) is 12.2. The Morgan fingerprint density at radius 2 is 2.00 bits per heavy atom. The third-order valence-electron chi connectivity index (χ3n) is 2.70. The molecule has 4 N–H and O–H groups in total. The molecule has 0 unspecified atom stereocenters. The molecule has 20 heavy (non-hydrogen) atoms. The number of nitrogen functional groups attached to an aromatic ring is 1. The number of nitrogens with two attached hydrogens (primary N) is 1. The molecule has 6 heteroatoms. The van der Waals surface area contributed by atoms with Gasteiger partial charge in [-0.1, -0.05) is 15.9 Å². The molecule has 0 spiro atoms. The number of ether oxygens (including phenoxy) is 1. The average Bonchev–Trinajstić information content (AvgIpc) is 2.38. The molecule has 0 aliphatic carbocycles. The Morgan fingerprint density at radius 1 is 1.25 bits per heavy atom. The SMILES string of the molecule is COc1ccc(Br)cc1Nc1cc(N)ccc1C(=O)O. The second-order valence-corrected chi connectivity index (χ2v) is 5.00. The lowest BCUT2D eigenvalue weighted by molar-refractivity contribution is 0.0698. The maximum atomic E-state index is 11.2. The topological polar surface area (TPSA) is 84.6 Å². The zero-order valence-electron chi connectivity index (χ0n) is 10.7. The van der Waals surface area contributed by atoms with Gasteiger partial charge >= 0.3 is 5.97 Å². The van der Waals surface area contributed by atoms with Crippen molar-refractivity contribution < 1.29 is 14.6 Å². The predicted octanol–water partition coefficient (Wildman–Crippen LogP) is 3.48. The van der Waals surface area contributed by atoms with Gasteiger partial charge in [0, 0.05) is 10.2 Å². The molecule has 2 aromatic rings. The van der Waals surface area contributed by atoms with Crippen molar-refractivity contribution in [3.8, 4) is 5.75 Å². The lowest BCUT2D eigenvalue weighted by atomic mass is 10.1. The quantitative estimate of drug-likeness (QED) is 0.744. The number of carbonyl (C=O) groups is 1. The number of hydrogen-bond donors (Lipinski definition) is 3. The Hall–Kier alpha value is -2.21. The van der Waals surface area contributed by atoms with Crippen LogP contribution in [0.5, 0.6) is 5.75 Å². The fraction of sp³-hybridized carbons (Fsp3) is 0.0714. The molecule has 0 radical (unpaired) electrons. The molecule has 5 nitrogen and oxygen atoms in total. The van der Waals surface area contributed by atoms with E-state index in [0.717, 1.165) is 4.47 Å². The summed E-state index contributed by atoms with van der Waals surface area (Å²) in [4.78, 5) is 11.2. The summed E-state index contributed by atoms with van der Waals surface area (Å²) >= 11 is 3.36. The number of aromatic carboxylic acids is 1. The van der Waals surface area contributed by atoms with E-state index in [4.69, 9.17) is 10.5 Å². The molecule has 0 saturated heterocycles. The van der Waals surface area contributed by atoms with Gasteiger partial charge in [-0.15, -0.1) is 0 Å². The number of halogens is 1. The highest BCUT2D eigenvalue weighted by atomic mass is 79.9. The Kier molecular flexibility index (Phi) is 4.14. The maximum absolute atomic E-state index is 11.2. The fourth-order valence-electron chi connectivity index (χ4n) is 1.77. The van der Waals surface area contributed by atoms with Gasteiger partial charge in [0.15, 0.2) is 0 Å². The van der Waals surface area contributed by atoms with Crippen LogP contribution >= 0.6 is 15.9 Å². The number of rotatable bonds is 4. The first-order chi connectivity index (χ1) is 9.51. The Morgan fingerprint density at radius 3 is 2.65 bits per heavy atom. The number of benzene rings is 2. The van der Waals surface area contributed by atoms with Crippen LogP contribution in [0.15, 0.2) is 40.9 Å². The summed E-state index contributed by atoms with van der Waals surface area (Å²) in [7, 11) is 1.55. The van der Waals surface area contributed by atoms with Crippen LogP contribution in [0.1, 0.15) is 10.4 Å². The highest BCUT2D eigenvalue weighted by molar-refractivity contribution is 9.10. The van der Waals surface area contributed by atoms with Crippen LogP contribution in [-0.2, 0) is 0 Å². The van der Waals surface area contributed by atoms with Gasteiger partial charge in [-0.05, 0) is 36.4 Å². The summed E-state index contributed by atoms with van der Waals surface area (Å²) in [6.45, 7) is 0. The van der Waals surface area contributed by atoms with E-state index in [1.807, 2.05) is 6.07 Å². The number of methoxy groups -OCH3 is 1. The van der Waals surface area contributed by atoms with Gasteiger partial charge in [0.25, 0.3) is 0 Å². The van der Waals surface area contributed by atoms with Gasteiger partial charge in [-0.25, -0.2) is 4.79 Å². The van der Waals surface area contributed by atoms with Crippen molar-refractivity contribution in [2.45, 2.75) is 0 Å². The van der Waals surface area contributed by atoms with Crippen LogP contribution in [0.2, 0.25) is 0 Å². The lowest BCUT2D eigenvalue weighted by Crippen LogP contribution is -2.04. The minimum atomic E-state index is -1.03. The largest absolute Gasteiger partial charge is 0.495 e. The molecule has 0 saturated carbocycles. The first-order valence-corrected chi connectivity index (χ1v) is 6.54. The molecule has 2 aromatic carbocycles. The van der Waals surface area contributed by atoms with Crippen molar-refractivity contribution in [1.82, 2.24) is 0 Å². The zero-order valence-corrected chi connectivity index (χ0v) is 12.3. The molecule has 0 bridgehead atoms. The highest BCUT2D eigenvalue weighted by Crippen LogP contribution is 2.32. The minimum Gasteiger partial charge on any atom is -0.495 e. The molecule has 0 aliphatic heterocycles. The summed E-state index contributed by atoms with van der Waals surface area (Å²) in [5.74, 6) is -0.423. The van der Waals surface area contributed by atoms with E-state index in [0.29, 0.717) is 22.8 Å². The van der Waals surface area contributed by atoms with Gasteiger partial charge in [0.2, 0.25) is 0 Å². The van der Waals surface area contributed by atoms with Gasteiger partial charge in [0.05, 0.1) is 24.0 Å². The zero-order chi connectivity index (χ0) is 14.7. The molecular formula is C14H13BrN2O3. The van der Waals surface area contributed by atoms with Gasteiger partial charge < -0.3 is 20.9 Å². The molecule has 0 aliphatic rings. The summed E-state index contributed by atoms with van der Waals surface area (Å²) in [6, 6.07) is 10.00. The third-order valence-corrected chi connectivity index (χ3v) is 3.20. The molecule has 2 rings (SSSR count). The van der Waals surface area contributed by atoms with Crippen molar-refractivity contribution >= 4 is 39.0 Å². The molecule has 0 amide bonds. The van der Waals surface area contributed by atoms with Crippen molar-refractivity contribution in [2.24, 2.45) is 0 Å². The van der Waals surface area contributed by atoms with Gasteiger partial charge in [0.1, 0.15) is 5.75 Å². The second-order valence-electron chi connectivity index (χ2n) is 4.08. The van der Waals surface area contributed by atoms with Crippen molar-refractivity contribution in [2.75, 3.05) is 18.2 Å². The van der Waals surface area contributed by atoms with Crippen molar-refractivity contribution in [3.05, 3.63) is 46.4 Å². The molecule has 0 heterocycles. The van der Waals surface area contributed by atoms with Crippen molar-refractivity contribution in [3.63, 3.8) is 0 Å². The van der Waals surface area contributed by atoms with E-state index in [2.05, 4.69) is 21.2 Å². The van der Waals surface area contributed by atoms with E-state index < -0.39 is 5.97 Å². The normalized spacial score (nSPS) is 10.1. The minimum absolute atomic E-state index is 0.140. The predicted molar refractivity (Wildman–Crippen MR) is 81.8 cm³/mol. The monoisotopic (exact) mass is 336 g/mol. The average molecular weight is 337 g/mol. The van der Waals surface area contributed by atoms with Crippen LogP contribution in [-0.4, -0.2) is 18.2 Å². The number of carboxylic acid groups (broad SMARTS) is 1. The van der Waals surface area contributed by atoms with Crippen molar-refractivity contribution in [1.29, 1.82) is 0 Å². The van der Waals surface area contributed by atoms with E-state index in [-0.39, 0.29) is 5.56 Å². The molecule has 104 valence electrons. The summed E-state index contributed by atoms with van der Waals surface area (Å²) in [5.41, 5.74) is 7.39.